The number of alkyl halides is 3. The lowest BCUT2D eigenvalue weighted by Gasteiger charge is -2.29. The fraction of sp³-hybridized carbons (Fsp3) is 0.562. The van der Waals surface area contributed by atoms with Crippen LogP contribution in [-0.4, -0.2) is 43.7 Å². The lowest BCUT2D eigenvalue weighted by atomic mass is 10.1. The maximum Gasteiger partial charge on any atom is 0.416 e. The molecule has 0 aliphatic carbocycles. The Morgan fingerprint density at radius 3 is 2.22 bits per heavy atom. The highest BCUT2D eigenvalue weighted by atomic mass is 19.4. The first-order chi connectivity index (χ1) is 10.4. The minimum atomic E-state index is -4.44. The molecule has 0 unspecified atom stereocenters. The molecule has 2 amide bonds. The largest absolute Gasteiger partial charge is 0.416 e. The molecule has 1 N–H and O–H groups in total. The lowest BCUT2D eigenvalue weighted by Crippen LogP contribution is -2.50. The summed E-state index contributed by atoms with van der Waals surface area (Å²) in [5.74, 6) is 0. The Hall–Kier alpha value is -1.76. The van der Waals surface area contributed by atoms with E-state index in [1.54, 1.807) is 0 Å². The Labute approximate surface area is 135 Å². The van der Waals surface area contributed by atoms with Crippen LogP contribution in [-0.2, 0) is 6.18 Å². The van der Waals surface area contributed by atoms with Gasteiger partial charge in [0, 0.05) is 24.3 Å². The van der Waals surface area contributed by atoms with Crippen LogP contribution in [0.2, 0.25) is 0 Å². The van der Waals surface area contributed by atoms with Crippen molar-refractivity contribution in [1.82, 2.24) is 10.2 Å². The van der Waals surface area contributed by atoms with Crippen molar-refractivity contribution in [1.29, 1.82) is 0 Å². The summed E-state index contributed by atoms with van der Waals surface area (Å²) < 4.78 is 38.7. The predicted octanol–water partition coefficient (Wildman–Crippen LogP) is 3.58. The molecule has 0 atom stereocenters. The summed E-state index contributed by atoms with van der Waals surface area (Å²) in [6.45, 7) is 6.29. The molecule has 0 fully saturated rings. The normalized spacial score (nSPS) is 12.4. The van der Waals surface area contributed by atoms with E-state index >= 15 is 0 Å². The molecule has 7 heteroatoms. The fourth-order valence-electron chi connectivity index (χ4n) is 1.89. The van der Waals surface area contributed by atoms with Crippen LogP contribution in [0, 0.1) is 0 Å². The van der Waals surface area contributed by atoms with Gasteiger partial charge in [0.15, 0.2) is 0 Å². The van der Waals surface area contributed by atoms with E-state index < -0.39 is 23.3 Å². The van der Waals surface area contributed by atoms with E-state index in [0.717, 1.165) is 12.1 Å². The number of nitrogens with one attached hydrogen (secondary N) is 1. The van der Waals surface area contributed by atoms with Crippen molar-refractivity contribution in [2.75, 3.05) is 32.1 Å². The monoisotopic (exact) mass is 331 g/mol. The van der Waals surface area contributed by atoms with Crippen molar-refractivity contribution in [2.24, 2.45) is 0 Å². The van der Waals surface area contributed by atoms with Gasteiger partial charge in [-0.15, -0.1) is 0 Å². The van der Waals surface area contributed by atoms with Crippen molar-refractivity contribution in [3.05, 3.63) is 29.8 Å². The van der Waals surface area contributed by atoms with Crippen molar-refractivity contribution in [2.45, 2.75) is 32.5 Å². The van der Waals surface area contributed by atoms with Gasteiger partial charge >= 0.3 is 12.2 Å². The van der Waals surface area contributed by atoms with Gasteiger partial charge in [0.25, 0.3) is 0 Å². The van der Waals surface area contributed by atoms with Gasteiger partial charge in [-0.3, -0.25) is 4.90 Å². The van der Waals surface area contributed by atoms with Gasteiger partial charge in [-0.2, -0.15) is 13.2 Å². The Balaban J connectivity index is 3.11. The molecule has 1 rings (SSSR count). The number of halogens is 3. The van der Waals surface area contributed by atoms with Gasteiger partial charge in [-0.05, 0) is 53.1 Å². The fourth-order valence-corrected chi connectivity index (χ4v) is 1.89. The molecule has 130 valence electrons. The number of carbonyl (C=O) groups is 1. The highest BCUT2D eigenvalue weighted by molar-refractivity contribution is 5.92. The van der Waals surface area contributed by atoms with Crippen LogP contribution in [0.4, 0.5) is 23.7 Å². The molecule has 0 spiro atoms. The summed E-state index contributed by atoms with van der Waals surface area (Å²) in [5.41, 5.74) is -1.02. The number of nitrogens with zero attached hydrogens (tertiary/aromatic N) is 2. The van der Waals surface area contributed by atoms with Crippen molar-refractivity contribution >= 4 is 11.7 Å². The van der Waals surface area contributed by atoms with Crippen molar-refractivity contribution < 1.29 is 18.0 Å². The number of carbonyl (C=O) groups excluding carboxylic acids is 1. The molecule has 4 nitrogen and oxygen atoms in total. The average molecular weight is 331 g/mol. The summed E-state index contributed by atoms with van der Waals surface area (Å²) in [4.78, 5) is 15.6. The molecule has 0 aromatic heterocycles. The molecule has 0 bridgehead atoms. The Kier molecular flexibility index (Phi) is 6.04. The zero-order valence-corrected chi connectivity index (χ0v) is 14.2. The summed E-state index contributed by atoms with van der Waals surface area (Å²) in [6, 6.07) is 4.39. The number of amides is 2. The standard InChI is InChI=1S/C16H24F3N3O/c1-15(2,3)20-14(23)22(10-9-21(4)5)13-8-6-7-12(11-13)16(17,18)19/h6-8,11H,9-10H2,1-5H3,(H,20,23). The number of anilines is 1. The van der Waals surface area contributed by atoms with Crippen molar-refractivity contribution in [3.8, 4) is 0 Å². The Morgan fingerprint density at radius 1 is 1.13 bits per heavy atom. The van der Waals surface area contributed by atoms with Crippen LogP contribution in [0.3, 0.4) is 0 Å². The summed E-state index contributed by atoms with van der Waals surface area (Å²) >= 11 is 0. The van der Waals surface area contributed by atoms with Gasteiger partial charge in [-0.25, -0.2) is 4.79 Å². The van der Waals surface area contributed by atoms with Gasteiger partial charge in [0.1, 0.15) is 0 Å². The second-order valence-corrected chi connectivity index (χ2v) is 6.68. The average Bonchev–Trinajstić information content (AvgIpc) is 2.35. The van der Waals surface area contributed by atoms with Gasteiger partial charge < -0.3 is 10.2 Å². The van der Waals surface area contributed by atoms with E-state index in [1.807, 2.05) is 39.8 Å². The maximum absolute atomic E-state index is 12.9. The molecule has 0 radical (unpaired) electrons. The SMILES string of the molecule is CN(C)CCN(C(=O)NC(C)(C)C)c1cccc(C(F)(F)F)c1. The zero-order valence-electron chi connectivity index (χ0n) is 14.2. The zero-order chi connectivity index (χ0) is 17.8. The molecule has 1 aromatic rings. The van der Waals surface area contributed by atoms with Crippen LogP contribution in [0.5, 0.6) is 0 Å². The van der Waals surface area contributed by atoms with Crippen LogP contribution < -0.4 is 10.2 Å². The maximum atomic E-state index is 12.9. The molecule has 0 aliphatic rings. The predicted molar refractivity (Wildman–Crippen MR) is 85.6 cm³/mol. The molecule has 23 heavy (non-hydrogen) atoms. The highest BCUT2D eigenvalue weighted by Crippen LogP contribution is 2.31. The number of urea groups is 1. The Bertz CT molecular complexity index is 536. The number of benzene rings is 1. The van der Waals surface area contributed by atoms with E-state index in [0.29, 0.717) is 6.54 Å². The molecule has 0 aliphatic heterocycles. The van der Waals surface area contributed by atoms with Crippen LogP contribution >= 0.6 is 0 Å². The molecule has 0 heterocycles. The molecule has 0 saturated carbocycles. The number of likely N-dealkylation sites (N-methyl/N-ethyl adjacent to an activating group) is 1. The first-order valence-corrected chi connectivity index (χ1v) is 7.32. The number of rotatable bonds is 4. The van der Waals surface area contributed by atoms with E-state index in [9.17, 15) is 18.0 Å². The topological polar surface area (TPSA) is 35.6 Å². The van der Waals surface area contributed by atoms with Gasteiger partial charge in [0.05, 0.1) is 5.56 Å². The smallest absolute Gasteiger partial charge is 0.333 e. The van der Waals surface area contributed by atoms with Crippen LogP contribution in [0.15, 0.2) is 24.3 Å². The first-order valence-electron chi connectivity index (χ1n) is 7.32. The van der Waals surface area contributed by atoms with Gasteiger partial charge in [0.2, 0.25) is 0 Å². The van der Waals surface area contributed by atoms with E-state index in [2.05, 4.69) is 5.32 Å². The third-order valence-electron chi connectivity index (χ3n) is 2.98. The summed E-state index contributed by atoms with van der Waals surface area (Å²) in [5, 5.41) is 2.79. The highest BCUT2D eigenvalue weighted by Gasteiger charge is 2.31. The van der Waals surface area contributed by atoms with Crippen LogP contribution in [0.25, 0.3) is 0 Å². The van der Waals surface area contributed by atoms with E-state index in [-0.39, 0.29) is 12.2 Å². The quantitative estimate of drug-likeness (QED) is 0.915. The first kappa shape index (κ1) is 19.3. The molecule has 1 aromatic carbocycles. The molecular formula is C16H24F3N3O. The number of hydrogen-bond acceptors (Lipinski definition) is 2. The second kappa shape index (κ2) is 7.21. The summed E-state index contributed by atoms with van der Waals surface area (Å²) in [6.07, 6.45) is -4.44. The minimum absolute atomic E-state index is 0.225. The van der Waals surface area contributed by atoms with Crippen molar-refractivity contribution in [3.63, 3.8) is 0 Å². The van der Waals surface area contributed by atoms with Crippen LogP contribution in [0.1, 0.15) is 26.3 Å². The van der Waals surface area contributed by atoms with E-state index in [4.69, 9.17) is 0 Å². The lowest BCUT2D eigenvalue weighted by molar-refractivity contribution is -0.137. The Morgan fingerprint density at radius 2 is 1.74 bits per heavy atom. The molecule has 0 saturated heterocycles. The van der Waals surface area contributed by atoms with Gasteiger partial charge in [-0.1, -0.05) is 6.07 Å². The van der Waals surface area contributed by atoms with E-state index in [1.165, 1.54) is 17.0 Å². The third kappa shape index (κ3) is 6.48. The number of hydrogen-bond donors (Lipinski definition) is 1. The summed E-state index contributed by atoms with van der Waals surface area (Å²) in [7, 11) is 3.68. The molecular weight excluding hydrogens is 307 g/mol. The third-order valence-corrected chi connectivity index (χ3v) is 2.98. The second-order valence-electron chi connectivity index (χ2n) is 6.68. The minimum Gasteiger partial charge on any atom is -0.333 e.